The summed E-state index contributed by atoms with van der Waals surface area (Å²) < 4.78 is 35.5. The first kappa shape index (κ1) is 26.5. The van der Waals surface area contributed by atoms with Crippen LogP contribution in [0, 0.1) is 5.92 Å². The lowest BCUT2D eigenvalue weighted by Gasteiger charge is -2.12. The summed E-state index contributed by atoms with van der Waals surface area (Å²) in [6, 6.07) is 7.03. The van der Waals surface area contributed by atoms with Crippen molar-refractivity contribution >= 4 is 87.1 Å². The van der Waals surface area contributed by atoms with Gasteiger partial charge >= 0.3 is 6.18 Å². The number of amides is 2. The van der Waals surface area contributed by atoms with Crippen molar-refractivity contribution in [3.8, 4) is 0 Å². The maximum absolute atomic E-state index is 12.9. The van der Waals surface area contributed by atoms with E-state index in [-0.39, 0.29) is 21.3 Å². The summed E-state index contributed by atoms with van der Waals surface area (Å²) in [6.45, 7) is -0.643. The second-order valence-electron chi connectivity index (χ2n) is 7.25. The van der Waals surface area contributed by atoms with E-state index in [1.807, 2.05) is 0 Å². The molecule has 178 valence electrons. The van der Waals surface area contributed by atoms with Crippen LogP contribution in [0.3, 0.4) is 0 Å². The Morgan fingerprint density at radius 3 is 2.12 bits per heavy atom. The molecule has 2 amide bonds. The molecule has 0 heterocycles. The molecule has 0 spiro atoms. The first-order chi connectivity index (χ1) is 15.2. The van der Waals surface area contributed by atoms with Gasteiger partial charge in [0.2, 0.25) is 5.91 Å². The second-order valence-corrected chi connectivity index (χ2v) is 10.4. The zero-order chi connectivity index (χ0) is 24.7. The van der Waals surface area contributed by atoms with Gasteiger partial charge in [-0.3, -0.25) is 9.59 Å². The van der Waals surface area contributed by atoms with Crippen molar-refractivity contribution < 1.29 is 22.8 Å². The SMILES string of the molecule is O=C(NCCC(F)(F)F)c1cc(NC(=O)C2C(c3cc(Cl)cc(Cl)c3)C2(Cl)Cl)c(Cl)cc1Cl. The van der Waals surface area contributed by atoms with Crippen molar-refractivity contribution in [1.29, 1.82) is 0 Å². The highest BCUT2D eigenvalue weighted by atomic mass is 35.5. The predicted molar refractivity (Wildman–Crippen MR) is 125 cm³/mol. The lowest BCUT2D eigenvalue weighted by molar-refractivity contribution is -0.133. The van der Waals surface area contributed by atoms with Crippen LogP contribution < -0.4 is 10.6 Å². The van der Waals surface area contributed by atoms with Crippen LogP contribution in [-0.2, 0) is 4.79 Å². The number of benzene rings is 2. The lowest BCUT2D eigenvalue weighted by atomic mass is 10.1. The van der Waals surface area contributed by atoms with E-state index in [1.54, 1.807) is 12.1 Å². The Morgan fingerprint density at radius 1 is 0.939 bits per heavy atom. The average Bonchev–Trinajstić information content (AvgIpc) is 3.24. The minimum absolute atomic E-state index is 0.00191. The van der Waals surface area contributed by atoms with Crippen molar-refractivity contribution in [1.82, 2.24) is 5.32 Å². The summed E-state index contributed by atoms with van der Waals surface area (Å²) in [4.78, 5) is 25.1. The van der Waals surface area contributed by atoms with Crippen molar-refractivity contribution in [2.75, 3.05) is 11.9 Å². The summed E-state index contributed by atoms with van der Waals surface area (Å²) in [5.41, 5.74) is 0.394. The Hall–Kier alpha value is -1.09. The number of halogens is 9. The van der Waals surface area contributed by atoms with Gasteiger partial charge in [-0.15, -0.1) is 23.2 Å². The number of carbonyl (C=O) groups is 2. The summed E-state index contributed by atoms with van der Waals surface area (Å²) >= 11 is 36.8. The van der Waals surface area contributed by atoms with Gasteiger partial charge < -0.3 is 10.6 Å². The molecule has 1 aliphatic rings. The van der Waals surface area contributed by atoms with Crippen molar-refractivity contribution in [3.05, 3.63) is 61.5 Å². The Kier molecular flexibility index (Phi) is 7.94. The quantitative estimate of drug-likeness (QED) is 0.346. The van der Waals surface area contributed by atoms with Gasteiger partial charge in [0.05, 0.1) is 33.6 Å². The number of nitrogens with one attached hydrogen (secondary N) is 2. The van der Waals surface area contributed by atoms with Crippen molar-refractivity contribution in [2.24, 2.45) is 5.92 Å². The van der Waals surface area contributed by atoms with Gasteiger partial charge in [-0.25, -0.2) is 0 Å². The topological polar surface area (TPSA) is 58.2 Å². The first-order valence-electron chi connectivity index (χ1n) is 9.19. The monoisotopic (exact) mass is 580 g/mol. The highest BCUT2D eigenvalue weighted by Gasteiger charge is 2.67. The molecule has 13 heteroatoms. The molecule has 2 unspecified atom stereocenters. The van der Waals surface area contributed by atoms with Crippen LogP contribution in [-0.4, -0.2) is 28.9 Å². The zero-order valence-electron chi connectivity index (χ0n) is 16.2. The molecule has 0 bridgehead atoms. The molecule has 2 aromatic carbocycles. The smallest absolute Gasteiger partial charge is 0.352 e. The molecule has 0 radical (unpaired) electrons. The summed E-state index contributed by atoms with van der Waals surface area (Å²) in [5.74, 6) is -2.98. The Balaban J connectivity index is 1.77. The van der Waals surface area contributed by atoms with Crippen LogP contribution in [0.2, 0.25) is 20.1 Å². The molecule has 2 atom stereocenters. The van der Waals surface area contributed by atoms with Gasteiger partial charge in [0.25, 0.3) is 5.91 Å². The molecule has 2 N–H and O–H groups in total. The third kappa shape index (κ3) is 6.32. The van der Waals surface area contributed by atoms with Crippen LogP contribution >= 0.6 is 69.6 Å². The molecule has 4 nitrogen and oxygen atoms in total. The van der Waals surface area contributed by atoms with Gasteiger partial charge in [0, 0.05) is 22.5 Å². The van der Waals surface area contributed by atoms with E-state index < -0.39 is 47.1 Å². The number of hydrogen-bond donors (Lipinski definition) is 2. The normalized spacial score (nSPS) is 19.2. The van der Waals surface area contributed by atoms with Crippen LogP contribution in [0.4, 0.5) is 18.9 Å². The third-order valence-electron chi connectivity index (χ3n) is 4.83. The fraction of sp³-hybridized carbons (Fsp3) is 0.300. The van der Waals surface area contributed by atoms with Crippen molar-refractivity contribution in [3.63, 3.8) is 0 Å². The molecule has 1 saturated carbocycles. The van der Waals surface area contributed by atoms with E-state index in [2.05, 4.69) is 10.6 Å². The fourth-order valence-corrected chi connectivity index (χ4v) is 5.15. The van der Waals surface area contributed by atoms with Crippen LogP contribution in [0.1, 0.15) is 28.3 Å². The number of carbonyl (C=O) groups excluding carboxylic acids is 2. The van der Waals surface area contributed by atoms with Crippen LogP contribution in [0.25, 0.3) is 0 Å². The molecule has 3 rings (SSSR count). The minimum atomic E-state index is -4.43. The molecule has 0 saturated heterocycles. The van der Waals surface area contributed by atoms with Gasteiger partial charge in [-0.1, -0.05) is 46.4 Å². The van der Waals surface area contributed by atoms with E-state index in [0.29, 0.717) is 15.6 Å². The molecule has 33 heavy (non-hydrogen) atoms. The molecule has 1 fully saturated rings. The van der Waals surface area contributed by atoms with E-state index in [0.717, 1.165) is 6.07 Å². The first-order valence-corrected chi connectivity index (χ1v) is 11.5. The van der Waals surface area contributed by atoms with Gasteiger partial charge in [-0.05, 0) is 35.9 Å². The summed E-state index contributed by atoms with van der Waals surface area (Å²) in [5, 5.41) is 5.23. The Morgan fingerprint density at radius 2 is 1.55 bits per heavy atom. The highest BCUT2D eigenvalue weighted by Crippen LogP contribution is 2.65. The highest BCUT2D eigenvalue weighted by molar-refractivity contribution is 6.53. The maximum atomic E-state index is 12.9. The molecule has 2 aromatic rings. The van der Waals surface area contributed by atoms with Gasteiger partial charge in [0.1, 0.15) is 4.33 Å². The van der Waals surface area contributed by atoms with E-state index in [4.69, 9.17) is 69.6 Å². The average molecular weight is 583 g/mol. The Labute approximate surface area is 216 Å². The minimum Gasteiger partial charge on any atom is -0.352 e. The zero-order valence-corrected chi connectivity index (χ0v) is 20.7. The van der Waals surface area contributed by atoms with E-state index >= 15 is 0 Å². The summed E-state index contributed by atoms with van der Waals surface area (Å²) in [6.07, 6.45) is -5.64. The lowest BCUT2D eigenvalue weighted by Crippen LogP contribution is -2.28. The van der Waals surface area contributed by atoms with Crippen LogP contribution in [0.5, 0.6) is 0 Å². The van der Waals surface area contributed by atoms with E-state index in [9.17, 15) is 22.8 Å². The van der Waals surface area contributed by atoms with Crippen molar-refractivity contribution in [2.45, 2.75) is 22.8 Å². The molecule has 0 aromatic heterocycles. The Bertz CT molecular complexity index is 1090. The molecule has 1 aliphatic carbocycles. The molecular formula is C20H13Cl6F3N2O2. The number of rotatable bonds is 6. The van der Waals surface area contributed by atoms with Crippen LogP contribution in [0.15, 0.2) is 30.3 Å². The number of anilines is 1. The van der Waals surface area contributed by atoms with E-state index in [1.165, 1.54) is 12.1 Å². The number of alkyl halides is 5. The second kappa shape index (κ2) is 9.88. The fourth-order valence-electron chi connectivity index (χ4n) is 3.26. The summed E-state index contributed by atoms with van der Waals surface area (Å²) in [7, 11) is 0. The van der Waals surface area contributed by atoms with Gasteiger partial charge in [-0.2, -0.15) is 13.2 Å². The maximum Gasteiger partial charge on any atom is 0.390 e. The molecule has 0 aliphatic heterocycles. The third-order valence-corrected chi connectivity index (χ3v) is 6.84. The standard InChI is InChI=1S/C20H13Cl6F3N2O2/c21-9-3-8(4-10(22)5-9)15-16(20(15,25)26)18(33)31-14-6-11(12(23)7-13(14)24)17(32)30-2-1-19(27,28)29/h3-7,15-16H,1-2H2,(H,30,32)(H,31,33). The molecular weight excluding hydrogens is 570 g/mol. The predicted octanol–water partition coefficient (Wildman–Crippen LogP) is 7.51. The number of hydrogen-bond acceptors (Lipinski definition) is 2. The largest absolute Gasteiger partial charge is 0.390 e. The van der Waals surface area contributed by atoms with Gasteiger partial charge in [0.15, 0.2) is 0 Å².